The third-order valence-corrected chi connectivity index (χ3v) is 5.17. The van der Waals surface area contributed by atoms with E-state index in [1.165, 1.54) is 11.3 Å². The Morgan fingerprint density at radius 3 is 2.83 bits per heavy atom. The van der Waals surface area contributed by atoms with Gasteiger partial charge in [0.2, 0.25) is 11.7 Å². The molecular weight excluding hydrogens is 331 g/mol. The Bertz CT molecular complexity index is 764. The maximum atomic E-state index is 12.5. The van der Waals surface area contributed by atoms with Crippen LogP contribution >= 0.6 is 11.3 Å². The van der Waals surface area contributed by atoms with Crippen molar-refractivity contribution in [3.8, 4) is 10.7 Å². The van der Waals surface area contributed by atoms with Crippen molar-refractivity contribution in [3.63, 3.8) is 0 Å². The molecule has 2 aliphatic rings. The van der Waals surface area contributed by atoms with Crippen LogP contribution in [0.15, 0.2) is 10.6 Å². The quantitative estimate of drug-likeness (QED) is 0.841. The summed E-state index contributed by atoms with van der Waals surface area (Å²) in [5.41, 5.74) is 1.04. The maximum absolute atomic E-state index is 12.5. The topological polar surface area (TPSA) is 59.2 Å². The number of carbonyl (C=O) groups excluding carboxylic acids is 1. The van der Waals surface area contributed by atoms with Gasteiger partial charge in [-0.3, -0.25) is 4.79 Å². The average Bonchev–Trinajstić information content (AvgIpc) is 3.07. The summed E-state index contributed by atoms with van der Waals surface area (Å²) in [6.07, 6.45) is -2.02. The molecule has 0 unspecified atom stereocenters. The molecule has 122 valence electrons. The number of hydrogen-bond acceptors (Lipinski definition) is 5. The summed E-state index contributed by atoms with van der Waals surface area (Å²) in [5.74, 6) is -1.05. The van der Waals surface area contributed by atoms with Gasteiger partial charge < -0.3 is 9.42 Å². The molecule has 3 heterocycles. The van der Waals surface area contributed by atoms with Gasteiger partial charge in [0.05, 0.1) is 11.4 Å². The van der Waals surface area contributed by atoms with Gasteiger partial charge in [0.25, 0.3) is 0 Å². The lowest BCUT2D eigenvalue weighted by molar-refractivity contribution is -0.159. The van der Waals surface area contributed by atoms with Crippen molar-refractivity contribution >= 4 is 17.2 Å². The number of nitrogens with zero attached hydrogens (tertiary/aromatic N) is 3. The molecule has 2 aromatic heterocycles. The summed E-state index contributed by atoms with van der Waals surface area (Å²) in [6, 6.07) is 1.80. The van der Waals surface area contributed by atoms with E-state index in [1.807, 2.05) is 4.90 Å². The molecule has 0 aromatic carbocycles. The Morgan fingerprint density at radius 2 is 2.17 bits per heavy atom. The molecule has 1 fully saturated rings. The molecule has 0 radical (unpaired) electrons. The summed E-state index contributed by atoms with van der Waals surface area (Å²) in [7, 11) is 0. The predicted molar refractivity (Wildman–Crippen MR) is 74.5 cm³/mol. The maximum Gasteiger partial charge on any atom is 0.471 e. The van der Waals surface area contributed by atoms with Crippen molar-refractivity contribution in [3.05, 3.63) is 22.4 Å². The van der Waals surface area contributed by atoms with E-state index in [0.29, 0.717) is 24.4 Å². The van der Waals surface area contributed by atoms with Crippen LogP contribution in [0.5, 0.6) is 0 Å². The molecule has 4 rings (SSSR count). The molecule has 0 atom stereocenters. The van der Waals surface area contributed by atoms with Crippen molar-refractivity contribution in [2.75, 3.05) is 6.54 Å². The number of halogens is 3. The zero-order valence-corrected chi connectivity index (χ0v) is 12.7. The van der Waals surface area contributed by atoms with Crippen LogP contribution in [0.25, 0.3) is 10.7 Å². The highest BCUT2D eigenvalue weighted by atomic mass is 32.1. The van der Waals surface area contributed by atoms with Crippen molar-refractivity contribution in [1.82, 2.24) is 15.0 Å². The number of aromatic nitrogens is 2. The molecule has 9 heteroatoms. The first-order valence-electron chi connectivity index (χ1n) is 7.23. The minimum Gasteiger partial charge on any atom is -0.337 e. The smallest absolute Gasteiger partial charge is 0.337 e. The minimum absolute atomic E-state index is 0.0585. The summed E-state index contributed by atoms with van der Waals surface area (Å²) in [6.45, 7) is 1.16. The Balaban J connectivity index is 1.57. The Kier molecular flexibility index (Phi) is 3.22. The number of rotatable bonds is 2. The van der Waals surface area contributed by atoms with Crippen molar-refractivity contribution < 1.29 is 22.5 Å². The van der Waals surface area contributed by atoms with Gasteiger partial charge >= 0.3 is 12.1 Å². The molecule has 1 amide bonds. The Morgan fingerprint density at radius 1 is 1.39 bits per heavy atom. The van der Waals surface area contributed by atoms with E-state index in [0.717, 1.165) is 23.3 Å². The first kappa shape index (κ1) is 14.7. The molecule has 1 saturated carbocycles. The number of hydrogen-bond donors (Lipinski definition) is 0. The first-order chi connectivity index (χ1) is 10.9. The van der Waals surface area contributed by atoms with Gasteiger partial charge in [0.1, 0.15) is 0 Å². The van der Waals surface area contributed by atoms with E-state index >= 15 is 0 Å². The molecule has 23 heavy (non-hydrogen) atoms. The normalized spacial score (nSPS) is 18.1. The lowest BCUT2D eigenvalue weighted by Gasteiger charge is -2.26. The fourth-order valence-electron chi connectivity index (χ4n) is 2.65. The molecule has 0 N–H and O–H groups in total. The van der Waals surface area contributed by atoms with Gasteiger partial charge in [-0.25, -0.2) is 0 Å². The summed E-state index contributed by atoms with van der Waals surface area (Å²) in [4.78, 5) is 18.9. The second kappa shape index (κ2) is 5.05. The van der Waals surface area contributed by atoms with Gasteiger partial charge in [0, 0.05) is 17.3 Å². The SMILES string of the molecule is O=C(C1CC1)N1CCc2cc(-c3noc(C(F)(F)F)n3)sc2C1. The molecule has 1 aliphatic heterocycles. The third kappa shape index (κ3) is 2.73. The molecule has 1 aliphatic carbocycles. The van der Waals surface area contributed by atoms with Crippen LogP contribution in [-0.4, -0.2) is 27.5 Å². The van der Waals surface area contributed by atoms with Crippen LogP contribution in [0.2, 0.25) is 0 Å². The molecular formula is C14H12F3N3O2S. The van der Waals surface area contributed by atoms with Gasteiger partial charge in [-0.1, -0.05) is 5.16 Å². The highest BCUT2D eigenvalue weighted by molar-refractivity contribution is 7.15. The van der Waals surface area contributed by atoms with E-state index in [-0.39, 0.29) is 17.6 Å². The zero-order valence-electron chi connectivity index (χ0n) is 11.9. The molecule has 2 aromatic rings. The van der Waals surface area contributed by atoms with Crippen LogP contribution in [0, 0.1) is 5.92 Å². The Labute approximate surface area is 133 Å². The van der Waals surface area contributed by atoms with E-state index in [4.69, 9.17) is 0 Å². The highest BCUT2D eigenvalue weighted by Gasteiger charge is 2.39. The standard InChI is InChI=1S/C14H12F3N3O2S/c15-14(16,17)13-18-11(19-22-13)9-5-8-3-4-20(6-10(8)23-9)12(21)7-1-2-7/h5,7H,1-4,6H2. The fraction of sp³-hybridized carbons (Fsp3) is 0.500. The van der Waals surface area contributed by atoms with Crippen LogP contribution < -0.4 is 0 Å². The number of alkyl halides is 3. The van der Waals surface area contributed by atoms with Crippen LogP contribution in [-0.2, 0) is 23.9 Å². The van der Waals surface area contributed by atoms with E-state index in [1.54, 1.807) is 6.07 Å². The van der Waals surface area contributed by atoms with E-state index in [2.05, 4.69) is 14.7 Å². The van der Waals surface area contributed by atoms with Crippen molar-refractivity contribution in [2.45, 2.75) is 32.0 Å². The lowest BCUT2D eigenvalue weighted by atomic mass is 10.1. The zero-order chi connectivity index (χ0) is 16.2. The van der Waals surface area contributed by atoms with Crippen LogP contribution in [0.4, 0.5) is 13.2 Å². The second-order valence-corrected chi connectivity index (χ2v) is 6.90. The van der Waals surface area contributed by atoms with Crippen LogP contribution in [0.3, 0.4) is 0 Å². The molecule has 0 saturated heterocycles. The van der Waals surface area contributed by atoms with Gasteiger partial charge in [-0.05, 0) is 30.9 Å². The largest absolute Gasteiger partial charge is 0.471 e. The Hall–Kier alpha value is -1.90. The predicted octanol–water partition coefficient (Wildman–Crippen LogP) is 3.11. The second-order valence-electron chi connectivity index (χ2n) is 5.76. The molecule has 0 spiro atoms. The number of thiophene rings is 1. The monoisotopic (exact) mass is 343 g/mol. The summed E-state index contributed by atoms with van der Waals surface area (Å²) >= 11 is 1.32. The molecule has 5 nitrogen and oxygen atoms in total. The third-order valence-electron chi connectivity index (χ3n) is 4.01. The van der Waals surface area contributed by atoms with Crippen molar-refractivity contribution in [1.29, 1.82) is 0 Å². The lowest BCUT2D eigenvalue weighted by Crippen LogP contribution is -2.36. The number of amides is 1. The fourth-order valence-corrected chi connectivity index (χ4v) is 3.80. The van der Waals surface area contributed by atoms with Gasteiger partial charge in [-0.2, -0.15) is 18.2 Å². The minimum atomic E-state index is -4.64. The van der Waals surface area contributed by atoms with Crippen molar-refractivity contribution in [2.24, 2.45) is 5.92 Å². The number of carbonyl (C=O) groups is 1. The van der Waals surface area contributed by atoms with E-state index in [9.17, 15) is 18.0 Å². The summed E-state index contributed by atoms with van der Waals surface area (Å²) < 4.78 is 41.9. The van der Waals surface area contributed by atoms with Crippen LogP contribution in [0.1, 0.15) is 29.2 Å². The first-order valence-corrected chi connectivity index (χ1v) is 8.05. The summed E-state index contributed by atoms with van der Waals surface area (Å²) in [5, 5.41) is 3.41. The van der Waals surface area contributed by atoms with E-state index < -0.39 is 12.1 Å². The van der Waals surface area contributed by atoms with Gasteiger partial charge in [0.15, 0.2) is 0 Å². The van der Waals surface area contributed by atoms with Gasteiger partial charge in [-0.15, -0.1) is 11.3 Å². The highest BCUT2D eigenvalue weighted by Crippen LogP contribution is 2.37. The average molecular weight is 343 g/mol. The molecule has 0 bridgehead atoms. The number of fused-ring (bicyclic) bond motifs is 1.